The second-order valence-corrected chi connectivity index (χ2v) is 4.80. The third-order valence-corrected chi connectivity index (χ3v) is 3.36. The highest BCUT2D eigenvalue weighted by molar-refractivity contribution is 7.13. The van der Waals surface area contributed by atoms with Crippen LogP contribution in [0, 0.1) is 17.1 Å². The van der Waals surface area contributed by atoms with Gasteiger partial charge in [-0.05, 0) is 30.7 Å². The van der Waals surface area contributed by atoms with Gasteiger partial charge in [-0.3, -0.25) is 0 Å². The Balaban J connectivity index is 2.00. The molecule has 0 saturated heterocycles. The van der Waals surface area contributed by atoms with E-state index in [2.05, 4.69) is 4.98 Å². The minimum Gasteiger partial charge on any atom is -0.461 e. The van der Waals surface area contributed by atoms with Gasteiger partial charge < -0.3 is 4.74 Å². The number of esters is 1. The average molecular weight is 290 g/mol. The molecule has 0 spiro atoms. The van der Waals surface area contributed by atoms with E-state index >= 15 is 0 Å². The molecule has 6 heteroatoms. The number of nitrogens with zero attached hydrogens (tertiary/aromatic N) is 2. The highest BCUT2D eigenvalue weighted by Crippen LogP contribution is 2.24. The van der Waals surface area contributed by atoms with E-state index < -0.39 is 5.97 Å². The summed E-state index contributed by atoms with van der Waals surface area (Å²) in [6, 6.07) is 7.88. The molecule has 0 bridgehead atoms. The maximum atomic E-state index is 12.8. The largest absolute Gasteiger partial charge is 0.461 e. The fourth-order valence-corrected chi connectivity index (χ4v) is 2.28. The SMILES string of the molecule is N#CCCCOC(=O)c1csc(-c2ccc(F)cc2)n1. The number of thiazole rings is 1. The summed E-state index contributed by atoms with van der Waals surface area (Å²) in [4.78, 5) is 15.9. The average Bonchev–Trinajstić information content (AvgIpc) is 2.94. The Bertz CT molecular complexity index is 631. The molecule has 0 saturated carbocycles. The first-order valence-electron chi connectivity index (χ1n) is 5.96. The number of hydrogen-bond acceptors (Lipinski definition) is 5. The molecule has 20 heavy (non-hydrogen) atoms. The molecule has 2 rings (SSSR count). The zero-order valence-electron chi connectivity index (χ0n) is 10.5. The molecular formula is C14H11FN2O2S. The quantitative estimate of drug-likeness (QED) is 0.625. The number of aromatic nitrogens is 1. The second kappa shape index (κ2) is 6.78. The van der Waals surface area contributed by atoms with E-state index in [0.717, 1.165) is 5.56 Å². The summed E-state index contributed by atoms with van der Waals surface area (Å²) in [5.41, 5.74) is 0.978. The van der Waals surface area contributed by atoms with Crippen molar-refractivity contribution in [3.63, 3.8) is 0 Å². The normalized spacial score (nSPS) is 10.0. The molecule has 0 radical (unpaired) electrons. The van der Waals surface area contributed by atoms with Gasteiger partial charge in [-0.15, -0.1) is 11.3 Å². The van der Waals surface area contributed by atoms with Crippen LogP contribution in [0.25, 0.3) is 10.6 Å². The number of rotatable bonds is 5. The summed E-state index contributed by atoms with van der Waals surface area (Å²) in [7, 11) is 0. The fourth-order valence-electron chi connectivity index (χ4n) is 1.48. The molecular weight excluding hydrogens is 279 g/mol. The predicted molar refractivity (Wildman–Crippen MR) is 72.6 cm³/mol. The second-order valence-electron chi connectivity index (χ2n) is 3.94. The Morgan fingerprint density at radius 3 is 2.85 bits per heavy atom. The van der Waals surface area contributed by atoms with Crippen molar-refractivity contribution in [1.82, 2.24) is 4.98 Å². The molecule has 0 aliphatic rings. The van der Waals surface area contributed by atoms with Gasteiger partial charge in [0.05, 0.1) is 12.7 Å². The van der Waals surface area contributed by atoms with Crippen LogP contribution < -0.4 is 0 Å². The molecule has 1 aromatic heterocycles. The van der Waals surface area contributed by atoms with E-state index in [0.29, 0.717) is 17.8 Å². The molecule has 0 amide bonds. The van der Waals surface area contributed by atoms with Crippen molar-refractivity contribution in [2.45, 2.75) is 12.8 Å². The van der Waals surface area contributed by atoms with Crippen molar-refractivity contribution < 1.29 is 13.9 Å². The van der Waals surface area contributed by atoms with Crippen LogP contribution in [-0.4, -0.2) is 17.6 Å². The van der Waals surface area contributed by atoms with Gasteiger partial charge in [0.15, 0.2) is 5.69 Å². The summed E-state index contributed by atoms with van der Waals surface area (Å²) in [6.45, 7) is 0.204. The third-order valence-electron chi connectivity index (χ3n) is 2.47. The summed E-state index contributed by atoms with van der Waals surface area (Å²) < 4.78 is 17.8. The van der Waals surface area contributed by atoms with E-state index in [9.17, 15) is 9.18 Å². The van der Waals surface area contributed by atoms with Crippen molar-refractivity contribution in [3.8, 4) is 16.6 Å². The van der Waals surface area contributed by atoms with Crippen LogP contribution in [0.2, 0.25) is 0 Å². The zero-order valence-corrected chi connectivity index (χ0v) is 11.3. The topological polar surface area (TPSA) is 63.0 Å². The first kappa shape index (κ1) is 14.2. The van der Waals surface area contributed by atoms with Gasteiger partial charge in [-0.25, -0.2) is 14.2 Å². The number of ether oxygens (including phenoxy) is 1. The molecule has 4 nitrogen and oxygen atoms in total. The summed E-state index contributed by atoms with van der Waals surface area (Å²) in [5, 5.41) is 10.6. The highest BCUT2D eigenvalue weighted by atomic mass is 32.1. The van der Waals surface area contributed by atoms with Gasteiger partial charge in [-0.1, -0.05) is 0 Å². The van der Waals surface area contributed by atoms with Crippen molar-refractivity contribution in [2.75, 3.05) is 6.61 Å². The van der Waals surface area contributed by atoms with Crippen molar-refractivity contribution in [3.05, 3.63) is 41.2 Å². The third kappa shape index (κ3) is 3.62. The Morgan fingerprint density at radius 1 is 1.40 bits per heavy atom. The molecule has 0 unspecified atom stereocenters. The minimum absolute atomic E-state index is 0.204. The Kier molecular flexibility index (Phi) is 4.80. The van der Waals surface area contributed by atoms with Crippen LogP contribution >= 0.6 is 11.3 Å². The standard InChI is InChI=1S/C14H11FN2O2S/c15-11-5-3-10(4-6-11)13-17-12(9-20-13)14(18)19-8-2-1-7-16/h3-6,9H,1-2,8H2. The molecule has 0 N–H and O–H groups in total. The van der Waals surface area contributed by atoms with Gasteiger partial charge in [0.1, 0.15) is 10.8 Å². The van der Waals surface area contributed by atoms with Gasteiger partial charge in [0, 0.05) is 17.4 Å². The summed E-state index contributed by atoms with van der Waals surface area (Å²) >= 11 is 1.29. The van der Waals surface area contributed by atoms with Gasteiger partial charge >= 0.3 is 5.97 Å². The number of nitriles is 1. The lowest BCUT2D eigenvalue weighted by atomic mass is 10.2. The zero-order chi connectivity index (χ0) is 14.4. The first-order valence-corrected chi connectivity index (χ1v) is 6.84. The van der Waals surface area contributed by atoms with E-state index in [1.807, 2.05) is 6.07 Å². The molecule has 0 atom stereocenters. The van der Waals surface area contributed by atoms with Gasteiger partial charge in [0.25, 0.3) is 0 Å². The maximum Gasteiger partial charge on any atom is 0.357 e. The maximum absolute atomic E-state index is 12.8. The van der Waals surface area contributed by atoms with Crippen LogP contribution in [-0.2, 0) is 4.74 Å². The number of benzene rings is 1. The highest BCUT2D eigenvalue weighted by Gasteiger charge is 2.13. The minimum atomic E-state index is -0.507. The van der Waals surface area contributed by atoms with Crippen LogP contribution in [0.15, 0.2) is 29.6 Å². The van der Waals surface area contributed by atoms with Crippen molar-refractivity contribution >= 4 is 17.3 Å². The monoisotopic (exact) mass is 290 g/mol. The molecule has 0 aliphatic heterocycles. The molecule has 102 valence electrons. The lowest BCUT2D eigenvalue weighted by Gasteiger charge is -2.00. The van der Waals surface area contributed by atoms with Crippen molar-refractivity contribution in [1.29, 1.82) is 5.26 Å². The lowest BCUT2D eigenvalue weighted by Crippen LogP contribution is -2.06. The number of halogens is 1. The van der Waals surface area contributed by atoms with Gasteiger partial charge in [-0.2, -0.15) is 5.26 Å². The number of unbranched alkanes of at least 4 members (excludes halogenated alkanes) is 1. The lowest BCUT2D eigenvalue weighted by molar-refractivity contribution is 0.0496. The van der Waals surface area contributed by atoms with E-state index in [1.54, 1.807) is 17.5 Å². The van der Waals surface area contributed by atoms with E-state index in [-0.39, 0.29) is 18.1 Å². The number of hydrogen-bond donors (Lipinski definition) is 0. The van der Waals surface area contributed by atoms with Crippen LogP contribution in [0.4, 0.5) is 4.39 Å². The number of carbonyl (C=O) groups is 1. The van der Waals surface area contributed by atoms with Gasteiger partial charge in [0.2, 0.25) is 0 Å². The van der Waals surface area contributed by atoms with Crippen molar-refractivity contribution in [2.24, 2.45) is 0 Å². The van der Waals surface area contributed by atoms with Crippen LogP contribution in [0.1, 0.15) is 23.3 Å². The van der Waals surface area contributed by atoms with E-state index in [4.69, 9.17) is 10.00 Å². The number of carbonyl (C=O) groups excluding carboxylic acids is 1. The molecule has 0 fully saturated rings. The predicted octanol–water partition coefficient (Wildman–Crippen LogP) is 3.41. The smallest absolute Gasteiger partial charge is 0.357 e. The molecule has 1 heterocycles. The molecule has 2 aromatic rings. The summed E-state index contributed by atoms with van der Waals surface area (Å²) in [5.74, 6) is -0.824. The Morgan fingerprint density at radius 2 is 2.15 bits per heavy atom. The molecule has 1 aromatic carbocycles. The first-order chi connectivity index (χ1) is 9.70. The Labute approximate surface area is 119 Å². The Hall–Kier alpha value is -2.26. The van der Waals surface area contributed by atoms with E-state index in [1.165, 1.54) is 23.5 Å². The van der Waals surface area contributed by atoms with Crippen LogP contribution in [0.3, 0.4) is 0 Å². The summed E-state index contributed by atoms with van der Waals surface area (Å²) in [6.07, 6.45) is 0.863. The fraction of sp³-hybridized carbons (Fsp3) is 0.214. The molecule has 0 aliphatic carbocycles. The van der Waals surface area contributed by atoms with Crippen LogP contribution in [0.5, 0.6) is 0 Å².